The molecule has 1 saturated heterocycles. The Kier molecular flexibility index (Phi) is 4.10. The fourth-order valence-corrected chi connectivity index (χ4v) is 6.04. The average Bonchev–Trinajstić information content (AvgIpc) is 2.62. The third-order valence-corrected chi connectivity index (χ3v) is 7.29. The van der Waals surface area contributed by atoms with Gasteiger partial charge < -0.3 is 10.0 Å². The molecule has 1 N–H and O–H groups in total. The molecule has 0 bridgehead atoms. The first-order valence-corrected chi connectivity index (χ1v) is 9.97. The minimum atomic E-state index is -3.75. The second kappa shape index (κ2) is 6.19. The summed E-state index contributed by atoms with van der Waals surface area (Å²) in [7, 11) is -3.75. The smallest absolute Gasteiger partial charge is 0.243 e. The number of carbonyl (C=O) groups is 1. The molecule has 0 aromatic heterocycles. The predicted molar refractivity (Wildman–Crippen MR) is 97.3 cm³/mol. The Morgan fingerprint density at radius 1 is 1.12 bits per heavy atom. The van der Waals surface area contributed by atoms with Crippen LogP contribution < -0.4 is 4.90 Å². The quantitative estimate of drug-likeness (QED) is 0.887. The topological polar surface area (TPSA) is 77.9 Å². The van der Waals surface area contributed by atoms with Gasteiger partial charge in [0.25, 0.3) is 0 Å². The van der Waals surface area contributed by atoms with Gasteiger partial charge in [0.15, 0.2) is 0 Å². The molecule has 0 aliphatic carbocycles. The largest absolute Gasteiger partial charge is 0.395 e. The van der Waals surface area contributed by atoms with E-state index < -0.39 is 16.1 Å². The molecule has 2 aromatic rings. The van der Waals surface area contributed by atoms with E-state index in [2.05, 4.69) is 0 Å². The van der Waals surface area contributed by atoms with Crippen molar-refractivity contribution in [1.29, 1.82) is 0 Å². The van der Waals surface area contributed by atoms with E-state index in [9.17, 15) is 18.3 Å². The maximum atomic E-state index is 13.1. The Balaban J connectivity index is 1.79. The molecule has 0 spiro atoms. The fourth-order valence-electron chi connectivity index (χ4n) is 4.19. The van der Waals surface area contributed by atoms with Crippen molar-refractivity contribution in [2.45, 2.75) is 29.8 Å². The van der Waals surface area contributed by atoms with Gasteiger partial charge in [-0.25, -0.2) is 8.42 Å². The lowest BCUT2D eigenvalue weighted by Gasteiger charge is -2.57. The molecule has 3 atom stereocenters. The van der Waals surface area contributed by atoms with Crippen molar-refractivity contribution in [3.63, 3.8) is 0 Å². The Morgan fingerprint density at radius 3 is 2.42 bits per heavy atom. The van der Waals surface area contributed by atoms with Gasteiger partial charge in [-0.05, 0) is 23.8 Å². The lowest BCUT2D eigenvalue weighted by Crippen LogP contribution is -2.70. The van der Waals surface area contributed by atoms with Gasteiger partial charge in [0.2, 0.25) is 15.9 Å². The molecule has 26 heavy (non-hydrogen) atoms. The minimum Gasteiger partial charge on any atom is -0.395 e. The maximum Gasteiger partial charge on any atom is 0.243 e. The molecule has 0 saturated carbocycles. The molecule has 0 radical (unpaired) electrons. The summed E-state index contributed by atoms with van der Waals surface area (Å²) >= 11 is 0. The first-order chi connectivity index (χ1) is 12.5. The highest BCUT2D eigenvalue weighted by Gasteiger charge is 2.57. The number of amides is 1. The highest BCUT2D eigenvalue weighted by Crippen LogP contribution is 2.50. The lowest BCUT2D eigenvalue weighted by molar-refractivity contribution is -0.117. The Bertz CT molecular complexity index is 945. The van der Waals surface area contributed by atoms with Crippen LogP contribution in [0, 0.1) is 0 Å². The summed E-state index contributed by atoms with van der Waals surface area (Å²) in [6.07, 6.45) is 0. The summed E-state index contributed by atoms with van der Waals surface area (Å²) in [6, 6.07) is 14.8. The number of fused-ring (bicyclic) bond motifs is 3. The number of sulfonamides is 1. The molecule has 2 aliphatic heterocycles. The predicted octanol–water partition coefficient (Wildman–Crippen LogP) is 1.57. The zero-order chi connectivity index (χ0) is 18.5. The van der Waals surface area contributed by atoms with Gasteiger partial charge in [-0.2, -0.15) is 4.31 Å². The molecule has 0 unspecified atom stereocenters. The second-order valence-electron chi connectivity index (χ2n) is 6.68. The molecular formula is C19H20N2O4S. The highest BCUT2D eigenvalue weighted by molar-refractivity contribution is 7.89. The molecule has 2 aliphatic rings. The number of benzene rings is 2. The first-order valence-electron chi connectivity index (χ1n) is 8.53. The summed E-state index contributed by atoms with van der Waals surface area (Å²) in [5.41, 5.74) is 1.72. The third-order valence-electron chi connectivity index (χ3n) is 5.32. The van der Waals surface area contributed by atoms with Crippen LogP contribution >= 0.6 is 0 Å². The van der Waals surface area contributed by atoms with E-state index >= 15 is 0 Å². The van der Waals surface area contributed by atoms with Crippen molar-refractivity contribution in [3.8, 4) is 0 Å². The van der Waals surface area contributed by atoms with Crippen LogP contribution in [0.2, 0.25) is 0 Å². The molecule has 1 amide bonds. The monoisotopic (exact) mass is 372 g/mol. The normalized spacial score (nSPS) is 25.2. The number of hydrogen-bond donors (Lipinski definition) is 1. The van der Waals surface area contributed by atoms with Crippen LogP contribution in [0.4, 0.5) is 5.69 Å². The highest BCUT2D eigenvalue weighted by atomic mass is 32.2. The average molecular weight is 372 g/mol. The van der Waals surface area contributed by atoms with Gasteiger partial charge in [-0.3, -0.25) is 4.79 Å². The van der Waals surface area contributed by atoms with Crippen molar-refractivity contribution in [2.75, 3.05) is 18.1 Å². The van der Waals surface area contributed by atoms with Crippen molar-refractivity contribution in [2.24, 2.45) is 0 Å². The van der Waals surface area contributed by atoms with Gasteiger partial charge in [0.05, 0.1) is 23.6 Å². The molecule has 4 rings (SSSR count). The van der Waals surface area contributed by atoms with Crippen LogP contribution in [-0.2, 0) is 14.8 Å². The number of hydrogen-bond acceptors (Lipinski definition) is 4. The number of aliphatic hydroxyl groups is 1. The van der Waals surface area contributed by atoms with Gasteiger partial charge in [-0.1, -0.05) is 36.4 Å². The summed E-state index contributed by atoms with van der Waals surface area (Å²) < 4.78 is 27.7. The summed E-state index contributed by atoms with van der Waals surface area (Å²) in [5, 5.41) is 9.92. The zero-order valence-electron chi connectivity index (χ0n) is 14.3. The molecular weight excluding hydrogens is 352 g/mol. The van der Waals surface area contributed by atoms with Gasteiger partial charge in [-0.15, -0.1) is 0 Å². The summed E-state index contributed by atoms with van der Waals surface area (Å²) in [5.74, 6) is -0.245. The molecule has 136 valence electrons. The lowest BCUT2D eigenvalue weighted by atomic mass is 9.74. The number of para-hydroxylation sites is 1. The second-order valence-corrected chi connectivity index (χ2v) is 8.52. The maximum absolute atomic E-state index is 13.1. The van der Waals surface area contributed by atoms with Gasteiger partial charge in [0, 0.05) is 25.1 Å². The molecule has 1 fully saturated rings. The van der Waals surface area contributed by atoms with Crippen LogP contribution in [0.15, 0.2) is 59.5 Å². The fraction of sp³-hybridized carbons (Fsp3) is 0.316. The van der Waals surface area contributed by atoms with Crippen LogP contribution in [0.25, 0.3) is 0 Å². The van der Waals surface area contributed by atoms with Crippen LogP contribution in [0.1, 0.15) is 18.4 Å². The van der Waals surface area contributed by atoms with Crippen molar-refractivity contribution >= 4 is 21.6 Å². The van der Waals surface area contributed by atoms with Crippen molar-refractivity contribution in [1.82, 2.24) is 4.31 Å². The third kappa shape index (κ3) is 2.39. The van der Waals surface area contributed by atoms with Crippen LogP contribution in [-0.4, -0.2) is 49.0 Å². The van der Waals surface area contributed by atoms with E-state index in [1.807, 2.05) is 24.3 Å². The number of anilines is 1. The number of rotatable bonds is 3. The molecule has 2 aromatic carbocycles. The summed E-state index contributed by atoms with van der Waals surface area (Å²) in [6.45, 7) is 1.51. The van der Waals surface area contributed by atoms with Crippen molar-refractivity contribution in [3.05, 3.63) is 60.2 Å². The summed E-state index contributed by atoms with van der Waals surface area (Å²) in [4.78, 5) is 13.9. The SMILES string of the molecule is CC(=O)N1C[C@H]2[C@@H](c3ccccc31)[C@H](CO)N2S(=O)(=O)c1ccccc1. The number of carbonyl (C=O) groups excluding carboxylic acids is 1. The van der Waals surface area contributed by atoms with E-state index in [1.165, 1.54) is 11.2 Å². The van der Waals surface area contributed by atoms with E-state index in [1.54, 1.807) is 35.2 Å². The van der Waals surface area contributed by atoms with Crippen LogP contribution in [0.5, 0.6) is 0 Å². The zero-order valence-corrected chi connectivity index (χ0v) is 15.1. The molecule has 2 heterocycles. The van der Waals surface area contributed by atoms with E-state index in [0.29, 0.717) is 6.54 Å². The van der Waals surface area contributed by atoms with Crippen LogP contribution in [0.3, 0.4) is 0 Å². The van der Waals surface area contributed by atoms with Gasteiger partial charge >= 0.3 is 0 Å². The Labute approximate surface area is 152 Å². The molecule has 7 heteroatoms. The Morgan fingerprint density at radius 2 is 1.77 bits per heavy atom. The minimum absolute atomic E-state index is 0.120. The standard InChI is InChI=1S/C19H20N2O4S/c1-13(23)20-11-17-19(15-9-5-6-10-16(15)20)18(12-22)21(17)26(24,25)14-7-3-2-4-8-14/h2-10,17-19,22H,11-12H2,1H3/t17-,18-,19+/m0/s1. The van der Waals surface area contributed by atoms with E-state index in [-0.39, 0.29) is 29.4 Å². The number of aliphatic hydroxyl groups excluding tert-OH is 1. The first kappa shape index (κ1) is 17.2. The van der Waals surface area contributed by atoms with Crippen molar-refractivity contribution < 1.29 is 18.3 Å². The van der Waals surface area contributed by atoms with Gasteiger partial charge in [0.1, 0.15) is 0 Å². The number of nitrogens with zero attached hydrogens (tertiary/aromatic N) is 2. The van der Waals surface area contributed by atoms with E-state index in [0.717, 1.165) is 11.3 Å². The Hall–Kier alpha value is -2.22. The van der Waals surface area contributed by atoms with E-state index in [4.69, 9.17) is 0 Å². The molecule has 6 nitrogen and oxygen atoms in total.